The summed E-state index contributed by atoms with van der Waals surface area (Å²) in [6, 6.07) is 7.36. The number of esters is 1. The number of ether oxygens (including phenoxy) is 1. The number of rotatable bonds is 3. The first kappa shape index (κ1) is 12.5. The summed E-state index contributed by atoms with van der Waals surface area (Å²) in [5, 5.41) is 0. The molecule has 1 rings (SSSR count). The molecule has 0 aliphatic rings. The highest BCUT2D eigenvalue weighted by Gasteiger charge is 2.10. The Kier molecular flexibility index (Phi) is 4.74. The first-order valence-corrected chi connectivity index (χ1v) is 5.49. The molecule has 0 unspecified atom stereocenters. The van der Waals surface area contributed by atoms with E-state index in [2.05, 4.69) is 20.8 Å². The van der Waals surface area contributed by atoms with Gasteiger partial charge in [-0.15, -0.1) is 0 Å². The lowest BCUT2D eigenvalue weighted by atomic mass is 10.2. The maximum absolute atomic E-state index is 11.4. The molecule has 0 aromatic heterocycles. The third-order valence-electron chi connectivity index (χ3n) is 1.80. The van der Waals surface area contributed by atoms with Gasteiger partial charge in [0, 0.05) is 4.47 Å². The monoisotopic (exact) mass is 279 g/mol. The highest BCUT2D eigenvalue weighted by molar-refractivity contribution is 9.10. The summed E-state index contributed by atoms with van der Waals surface area (Å²) in [5.41, 5.74) is 0.760. The van der Waals surface area contributed by atoms with Gasteiger partial charge in [0.05, 0.1) is 13.2 Å². The van der Waals surface area contributed by atoms with Crippen molar-refractivity contribution in [1.29, 1.82) is 0 Å². The predicted molar refractivity (Wildman–Crippen MR) is 65.4 cm³/mol. The number of halogens is 1. The minimum atomic E-state index is -0.590. The number of carbonyl (C=O) groups excluding carboxylic acids is 1. The molecular weight excluding hydrogens is 270 g/mol. The Balaban J connectivity index is 3.02. The molecule has 0 spiro atoms. The second kappa shape index (κ2) is 6.09. The molecule has 0 bridgehead atoms. The van der Waals surface area contributed by atoms with E-state index in [9.17, 15) is 4.79 Å². The lowest BCUT2D eigenvalue weighted by Gasteiger charge is -2.01. The fourth-order valence-corrected chi connectivity index (χ4v) is 1.48. The van der Waals surface area contributed by atoms with Crippen LogP contribution in [0.5, 0.6) is 0 Å². The minimum absolute atomic E-state index is 0.0197. The van der Waals surface area contributed by atoms with Crippen molar-refractivity contribution >= 4 is 28.0 Å². The van der Waals surface area contributed by atoms with E-state index in [0.29, 0.717) is 0 Å². The van der Waals surface area contributed by atoms with E-state index in [1.54, 1.807) is 6.92 Å². The summed E-state index contributed by atoms with van der Waals surface area (Å²) in [7, 11) is 0. The van der Waals surface area contributed by atoms with Crippen LogP contribution in [0.4, 0.5) is 0 Å². The number of benzene rings is 1. The van der Waals surface area contributed by atoms with Crippen molar-refractivity contribution in [2.75, 3.05) is 6.61 Å². The van der Waals surface area contributed by atoms with Crippen molar-refractivity contribution in [3.63, 3.8) is 0 Å². The van der Waals surface area contributed by atoms with E-state index >= 15 is 0 Å². The summed E-state index contributed by atoms with van der Waals surface area (Å²) >= 11 is 3.34. The lowest BCUT2D eigenvalue weighted by Crippen LogP contribution is -2.04. The molecule has 4 heteroatoms. The molecule has 0 radical (unpaired) electrons. The summed E-state index contributed by atoms with van der Waals surface area (Å²) < 4.78 is 5.60. The van der Waals surface area contributed by atoms with Crippen molar-refractivity contribution < 1.29 is 9.53 Å². The van der Waals surface area contributed by atoms with Gasteiger partial charge in [-0.05, 0) is 24.6 Å². The SMILES string of the molecule is [C-]#[N+]C(=Cc1ccccc1Br)C(=O)OCC. The van der Waals surface area contributed by atoms with Crippen molar-refractivity contribution in [2.24, 2.45) is 0 Å². The van der Waals surface area contributed by atoms with Crippen LogP contribution in [0.3, 0.4) is 0 Å². The van der Waals surface area contributed by atoms with Gasteiger partial charge in [0.25, 0.3) is 5.70 Å². The Bertz CT molecular complexity index is 460. The van der Waals surface area contributed by atoms with Crippen LogP contribution in [0.1, 0.15) is 12.5 Å². The molecule has 0 aliphatic carbocycles. The maximum atomic E-state index is 11.4. The topological polar surface area (TPSA) is 30.7 Å². The smallest absolute Gasteiger partial charge is 0.336 e. The van der Waals surface area contributed by atoms with Crippen molar-refractivity contribution in [2.45, 2.75) is 6.92 Å². The standard InChI is InChI=1S/C12H10BrNO2/c1-3-16-12(15)11(14-2)8-9-6-4-5-7-10(9)13/h4-8H,3H2,1H3. The zero-order valence-electron chi connectivity index (χ0n) is 8.74. The lowest BCUT2D eigenvalue weighted by molar-refractivity contribution is -0.138. The first-order chi connectivity index (χ1) is 7.69. The Morgan fingerprint density at radius 2 is 2.25 bits per heavy atom. The number of hydrogen-bond acceptors (Lipinski definition) is 2. The third kappa shape index (κ3) is 3.21. The van der Waals surface area contributed by atoms with Gasteiger partial charge in [-0.25, -0.2) is 4.85 Å². The molecule has 0 saturated heterocycles. The summed E-state index contributed by atoms with van der Waals surface area (Å²) in [4.78, 5) is 14.5. The largest absolute Gasteiger partial charge is 0.471 e. The van der Waals surface area contributed by atoms with Crippen LogP contribution in [0, 0.1) is 6.57 Å². The molecule has 0 saturated carbocycles. The highest BCUT2D eigenvalue weighted by atomic mass is 79.9. The molecule has 1 aromatic rings. The van der Waals surface area contributed by atoms with E-state index < -0.39 is 5.97 Å². The molecule has 16 heavy (non-hydrogen) atoms. The van der Waals surface area contributed by atoms with Crippen molar-refractivity contribution in [1.82, 2.24) is 0 Å². The summed E-state index contributed by atoms with van der Waals surface area (Å²) in [6.07, 6.45) is 1.51. The van der Waals surface area contributed by atoms with E-state index in [1.165, 1.54) is 6.08 Å². The van der Waals surface area contributed by atoms with Gasteiger partial charge in [-0.1, -0.05) is 34.1 Å². The molecule has 0 atom stereocenters. The molecule has 0 amide bonds. The van der Waals surface area contributed by atoms with Crippen LogP contribution < -0.4 is 0 Å². The summed E-state index contributed by atoms with van der Waals surface area (Å²) in [6.45, 7) is 8.90. The maximum Gasteiger partial charge on any atom is 0.336 e. The minimum Gasteiger partial charge on any atom is -0.471 e. The second-order valence-electron chi connectivity index (χ2n) is 2.88. The quantitative estimate of drug-likeness (QED) is 0.483. The van der Waals surface area contributed by atoms with Gasteiger partial charge >= 0.3 is 5.97 Å². The van der Waals surface area contributed by atoms with Crippen LogP contribution >= 0.6 is 15.9 Å². The van der Waals surface area contributed by atoms with Gasteiger partial charge in [0.1, 0.15) is 0 Å². The zero-order valence-corrected chi connectivity index (χ0v) is 10.3. The fourth-order valence-electron chi connectivity index (χ4n) is 1.08. The van der Waals surface area contributed by atoms with Gasteiger partial charge in [0.15, 0.2) is 0 Å². The number of hydrogen-bond donors (Lipinski definition) is 0. The van der Waals surface area contributed by atoms with Gasteiger partial charge in [0.2, 0.25) is 0 Å². The van der Waals surface area contributed by atoms with Gasteiger partial charge < -0.3 is 4.74 Å². The van der Waals surface area contributed by atoms with E-state index in [4.69, 9.17) is 11.3 Å². The molecule has 3 nitrogen and oxygen atoms in total. The van der Waals surface area contributed by atoms with Crippen molar-refractivity contribution in [3.8, 4) is 0 Å². The van der Waals surface area contributed by atoms with Crippen LogP contribution in [0.25, 0.3) is 10.9 Å². The highest BCUT2D eigenvalue weighted by Crippen LogP contribution is 2.19. The Morgan fingerprint density at radius 1 is 1.56 bits per heavy atom. The van der Waals surface area contributed by atoms with Gasteiger partial charge in [-0.3, -0.25) is 4.79 Å². The van der Waals surface area contributed by atoms with Crippen LogP contribution in [0.2, 0.25) is 0 Å². The average Bonchev–Trinajstić information content (AvgIpc) is 2.28. The Hall–Kier alpha value is -1.60. The van der Waals surface area contributed by atoms with Crippen molar-refractivity contribution in [3.05, 3.63) is 51.4 Å². The number of nitrogens with zero attached hydrogens (tertiary/aromatic N) is 1. The summed E-state index contributed by atoms with van der Waals surface area (Å²) in [5.74, 6) is -0.590. The fraction of sp³-hybridized carbons (Fsp3) is 0.167. The normalized spacial score (nSPS) is 10.7. The Labute approximate surface area is 103 Å². The molecule has 1 aromatic carbocycles. The molecule has 0 N–H and O–H groups in total. The van der Waals surface area contributed by atoms with Crippen LogP contribution in [-0.4, -0.2) is 12.6 Å². The molecule has 0 fully saturated rings. The Morgan fingerprint density at radius 3 is 2.81 bits per heavy atom. The first-order valence-electron chi connectivity index (χ1n) is 4.69. The second-order valence-corrected chi connectivity index (χ2v) is 3.74. The van der Waals surface area contributed by atoms with E-state index in [-0.39, 0.29) is 12.3 Å². The van der Waals surface area contributed by atoms with Crippen LogP contribution in [0.15, 0.2) is 34.4 Å². The van der Waals surface area contributed by atoms with E-state index in [1.807, 2.05) is 24.3 Å². The third-order valence-corrected chi connectivity index (χ3v) is 2.52. The number of carbonyl (C=O) groups is 1. The molecular formula is C12H10BrNO2. The predicted octanol–water partition coefficient (Wildman–Crippen LogP) is 3.27. The van der Waals surface area contributed by atoms with Crippen LogP contribution in [-0.2, 0) is 9.53 Å². The molecule has 0 aliphatic heterocycles. The average molecular weight is 280 g/mol. The molecule has 0 heterocycles. The van der Waals surface area contributed by atoms with E-state index in [0.717, 1.165) is 10.0 Å². The van der Waals surface area contributed by atoms with Gasteiger partial charge in [-0.2, -0.15) is 0 Å². The zero-order chi connectivity index (χ0) is 12.0. The molecule has 82 valence electrons.